The number of aromatic nitrogens is 3. The molecular formula is C21H21F3N4O2. The van der Waals surface area contributed by atoms with E-state index in [9.17, 15) is 18.0 Å². The molecule has 3 heterocycles. The number of alkyl halides is 3. The molecule has 1 aliphatic rings. The molecule has 9 heteroatoms. The van der Waals surface area contributed by atoms with Crippen molar-refractivity contribution in [2.75, 3.05) is 13.2 Å². The molecule has 1 saturated heterocycles. The zero-order valence-electron chi connectivity index (χ0n) is 16.3. The fraction of sp³-hybridized carbons (Fsp3) is 0.381. The molecule has 1 aliphatic heterocycles. The van der Waals surface area contributed by atoms with Crippen LogP contribution in [0.25, 0.3) is 10.9 Å². The third-order valence-corrected chi connectivity index (χ3v) is 5.41. The van der Waals surface area contributed by atoms with E-state index in [0.717, 1.165) is 54.9 Å². The van der Waals surface area contributed by atoms with Crippen molar-refractivity contribution in [1.82, 2.24) is 20.3 Å². The number of ether oxygens (including phenoxy) is 1. The monoisotopic (exact) mass is 418 g/mol. The van der Waals surface area contributed by atoms with Crippen LogP contribution in [-0.2, 0) is 17.5 Å². The number of carbonyl (C=O) groups is 1. The number of nitrogens with one attached hydrogen (secondary N) is 2. The minimum Gasteiger partial charge on any atom is -0.381 e. The van der Waals surface area contributed by atoms with E-state index in [1.807, 2.05) is 18.2 Å². The molecule has 0 bridgehead atoms. The Morgan fingerprint density at radius 2 is 1.93 bits per heavy atom. The highest BCUT2D eigenvalue weighted by Crippen LogP contribution is 2.33. The first kappa shape index (κ1) is 20.3. The summed E-state index contributed by atoms with van der Waals surface area (Å²) in [5.41, 5.74) is 4.34. The molecule has 1 aromatic carbocycles. The molecule has 4 rings (SSSR count). The number of hydrogen-bond donors (Lipinski definition) is 2. The van der Waals surface area contributed by atoms with E-state index in [4.69, 9.17) is 4.74 Å². The Labute approximate surface area is 170 Å². The molecule has 1 fully saturated rings. The van der Waals surface area contributed by atoms with Gasteiger partial charge in [-0.15, -0.1) is 0 Å². The number of fused-ring (bicyclic) bond motifs is 1. The van der Waals surface area contributed by atoms with Gasteiger partial charge in [0.05, 0.1) is 5.56 Å². The van der Waals surface area contributed by atoms with Crippen LogP contribution in [0.15, 0.2) is 30.6 Å². The van der Waals surface area contributed by atoms with Gasteiger partial charge in [-0.25, -0.2) is 9.97 Å². The summed E-state index contributed by atoms with van der Waals surface area (Å²) in [6.07, 6.45) is -0.893. The van der Waals surface area contributed by atoms with Crippen molar-refractivity contribution < 1.29 is 22.7 Å². The number of hydrogen-bond acceptors (Lipinski definition) is 4. The molecule has 2 aromatic heterocycles. The van der Waals surface area contributed by atoms with Crippen LogP contribution in [0.2, 0.25) is 0 Å². The summed E-state index contributed by atoms with van der Waals surface area (Å²) in [6.45, 7) is 3.87. The Kier molecular flexibility index (Phi) is 5.46. The smallest absolute Gasteiger partial charge is 0.381 e. The second-order valence-corrected chi connectivity index (χ2v) is 7.41. The van der Waals surface area contributed by atoms with E-state index in [2.05, 4.69) is 27.2 Å². The Hall–Kier alpha value is -2.94. The van der Waals surface area contributed by atoms with Gasteiger partial charge in [-0.05, 0) is 43.0 Å². The summed E-state index contributed by atoms with van der Waals surface area (Å²) < 4.78 is 43.1. The highest BCUT2D eigenvalue weighted by Gasteiger charge is 2.34. The molecule has 0 aliphatic carbocycles. The number of halogens is 3. The van der Waals surface area contributed by atoms with Crippen molar-refractivity contribution in [3.8, 4) is 0 Å². The first-order chi connectivity index (χ1) is 14.3. The number of rotatable bonds is 4. The SMILES string of the molecule is Cc1c(C2CCOCC2)[nH]c2ccc(CNC(=O)c3cnc(C(F)(F)F)nc3)cc12. The zero-order valence-corrected chi connectivity index (χ0v) is 16.3. The van der Waals surface area contributed by atoms with E-state index < -0.39 is 17.9 Å². The largest absolute Gasteiger partial charge is 0.451 e. The molecule has 30 heavy (non-hydrogen) atoms. The van der Waals surface area contributed by atoms with Gasteiger partial charge in [0, 0.05) is 54.7 Å². The highest BCUT2D eigenvalue weighted by atomic mass is 19.4. The lowest BCUT2D eigenvalue weighted by atomic mass is 9.93. The number of aromatic amines is 1. The third-order valence-electron chi connectivity index (χ3n) is 5.41. The molecule has 0 unspecified atom stereocenters. The number of benzene rings is 1. The van der Waals surface area contributed by atoms with Crippen LogP contribution in [0.4, 0.5) is 13.2 Å². The molecule has 6 nitrogen and oxygen atoms in total. The predicted octanol–water partition coefficient (Wildman–Crippen LogP) is 4.11. The summed E-state index contributed by atoms with van der Waals surface area (Å²) >= 11 is 0. The second-order valence-electron chi connectivity index (χ2n) is 7.41. The fourth-order valence-corrected chi connectivity index (χ4v) is 3.78. The number of amides is 1. The summed E-state index contributed by atoms with van der Waals surface area (Å²) in [5, 5.41) is 3.80. The van der Waals surface area contributed by atoms with Crippen LogP contribution >= 0.6 is 0 Å². The first-order valence-electron chi connectivity index (χ1n) is 9.69. The van der Waals surface area contributed by atoms with E-state index in [-0.39, 0.29) is 12.1 Å². The molecule has 0 saturated carbocycles. The number of H-pyrrole nitrogens is 1. The van der Waals surface area contributed by atoms with Crippen molar-refractivity contribution in [1.29, 1.82) is 0 Å². The molecule has 0 radical (unpaired) electrons. The number of aryl methyl sites for hydroxylation is 1. The molecule has 0 spiro atoms. The topological polar surface area (TPSA) is 79.9 Å². The molecule has 2 N–H and O–H groups in total. The maximum atomic E-state index is 12.5. The van der Waals surface area contributed by atoms with E-state index in [1.165, 1.54) is 11.3 Å². The van der Waals surface area contributed by atoms with Crippen LogP contribution < -0.4 is 5.32 Å². The minimum absolute atomic E-state index is 0.0243. The van der Waals surface area contributed by atoms with Gasteiger partial charge in [0.25, 0.3) is 5.91 Å². The highest BCUT2D eigenvalue weighted by molar-refractivity contribution is 5.93. The fourth-order valence-electron chi connectivity index (χ4n) is 3.78. The van der Waals surface area contributed by atoms with Crippen LogP contribution in [0.1, 0.15) is 51.8 Å². The van der Waals surface area contributed by atoms with Gasteiger partial charge >= 0.3 is 6.18 Å². The van der Waals surface area contributed by atoms with Gasteiger partial charge in [0.2, 0.25) is 5.82 Å². The minimum atomic E-state index is -4.64. The quantitative estimate of drug-likeness (QED) is 0.668. The Balaban J connectivity index is 1.46. The van der Waals surface area contributed by atoms with Crippen LogP contribution in [-0.4, -0.2) is 34.1 Å². The summed E-state index contributed by atoms with van der Waals surface area (Å²) in [4.78, 5) is 22.2. The van der Waals surface area contributed by atoms with Crippen LogP contribution in [0, 0.1) is 6.92 Å². The van der Waals surface area contributed by atoms with Gasteiger partial charge in [0.1, 0.15) is 0 Å². The van der Waals surface area contributed by atoms with E-state index >= 15 is 0 Å². The second kappa shape index (κ2) is 8.06. The Bertz CT molecular complexity index is 1050. The summed E-state index contributed by atoms with van der Waals surface area (Å²) in [6, 6.07) is 5.91. The average molecular weight is 418 g/mol. The lowest BCUT2D eigenvalue weighted by Crippen LogP contribution is -2.23. The Morgan fingerprint density at radius 3 is 2.60 bits per heavy atom. The van der Waals surface area contributed by atoms with E-state index in [0.29, 0.717) is 5.92 Å². The lowest BCUT2D eigenvalue weighted by molar-refractivity contribution is -0.145. The van der Waals surface area contributed by atoms with E-state index in [1.54, 1.807) is 0 Å². The summed E-state index contributed by atoms with van der Waals surface area (Å²) in [5.74, 6) is -1.35. The normalized spacial score (nSPS) is 15.5. The Morgan fingerprint density at radius 1 is 1.23 bits per heavy atom. The average Bonchev–Trinajstić information content (AvgIpc) is 3.08. The molecule has 0 atom stereocenters. The standard InChI is InChI=1S/C21H21F3N4O2/c1-12-16-8-13(2-3-17(16)28-18(12)14-4-6-30-7-5-14)9-25-19(29)15-10-26-20(27-11-15)21(22,23)24/h2-3,8,10-11,14,28H,4-7,9H2,1H3,(H,25,29). The van der Waals surface area contributed by atoms with Crippen LogP contribution in [0.5, 0.6) is 0 Å². The third kappa shape index (κ3) is 4.16. The predicted molar refractivity (Wildman–Crippen MR) is 104 cm³/mol. The van der Waals surface area contributed by atoms with Crippen molar-refractivity contribution in [2.24, 2.45) is 0 Å². The van der Waals surface area contributed by atoms with Crippen molar-refractivity contribution >= 4 is 16.8 Å². The van der Waals surface area contributed by atoms with Gasteiger partial charge < -0.3 is 15.0 Å². The number of carbonyl (C=O) groups excluding carboxylic acids is 1. The van der Waals surface area contributed by atoms with Crippen molar-refractivity contribution in [3.05, 3.63) is 58.8 Å². The molecule has 158 valence electrons. The maximum absolute atomic E-state index is 12.5. The maximum Gasteiger partial charge on any atom is 0.451 e. The lowest BCUT2D eigenvalue weighted by Gasteiger charge is -2.21. The van der Waals surface area contributed by atoms with Gasteiger partial charge in [-0.1, -0.05) is 6.07 Å². The van der Waals surface area contributed by atoms with Gasteiger partial charge in [-0.2, -0.15) is 13.2 Å². The molecular weight excluding hydrogens is 397 g/mol. The van der Waals surface area contributed by atoms with Crippen molar-refractivity contribution in [2.45, 2.75) is 38.4 Å². The molecule has 3 aromatic rings. The van der Waals surface area contributed by atoms with Crippen molar-refractivity contribution in [3.63, 3.8) is 0 Å². The molecule has 1 amide bonds. The van der Waals surface area contributed by atoms with Gasteiger partial charge in [-0.3, -0.25) is 4.79 Å². The van der Waals surface area contributed by atoms with Crippen LogP contribution in [0.3, 0.4) is 0 Å². The first-order valence-corrected chi connectivity index (χ1v) is 9.69. The summed E-state index contributed by atoms with van der Waals surface area (Å²) in [7, 11) is 0. The van der Waals surface area contributed by atoms with Gasteiger partial charge in [0.15, 0.2) is 0 Å². The number of nitrogens with zero attached hydrogens (tertiary/aromatic N) is 2. The zero-order chi connectivity index (χ0) is 21.3.